The molecule has 0 aliphatic rings. The standard InChI is InChI=1S/C15H18N4O3/c1-9-7-16-10(2)13(9)11(3)18-19-15(21)14(20)17-8-12-5-4-6-22-12/h4-7,16H,8H2,1-3H3,(H,17,20)(H,19,21)/b18-11+. The fraction of sp³-hybridized carbons (Fsp3) is 0.267. The van der Waals surface area contributed by atoms with Gasteiger partial charge in [-0.2, -0.15) is 5.10 Å². The second kappa shape index (κ2) is 6.75. The highest BCUT2D eigenvalue weighted by molar-refractivity contribution is 6.35. The number of carbonyl (C=O) groups excluding carboxylic acids is 2. The molecule has 0 aliphatic carbocycles. The Morgan fingerprint density at radius 3 is 2.68 bits per heavy atom. The number of hydrogen-bond acceptors (Lipinski definition) is 4. The van der Waals surface area contributed by atoms with E-state index in [1.807, 2.05) is 20.0 Å². The third kappa shape index (κ3) is 3.63. The number of furan rings is 1. The first kappa shape index (κ1) is 15.6. The van der Waals surface area contributed by atoms with E-state index < -0.39 is 11.8 Å². The molecule has 0 radical (unpaired) electrons. The van der Waals surface area contributed by atoms with Crippen LogP contribution in [0.4, 0.5) is 0 Å². The average molecular weight is 302 g/mol. The quantitative estimate of drug-likeness (QED) is 0.452. The summed E-state index contributed by atoms with van der Waals surface area (Å²) in [6.45, 7) is 5.77. The maximum atomic E-state index is 11.7. The number of H-pyrrole nitrogens is 1. The van der Waals surface area contributed by atoms with Crippen molar-refractivity contribution in [1.82, 2.24) is 15.7 Å². The van der Waals surface area contributed by atoms with Crippen molar-refractivity contribution in [1.29, 1.82) is 0 Å². The van der Waals surface area contributed by atoms with Crippen molar-refractivity contribution < 1.29 is 14.0 Å². The lowest BCUT2D eigenvalue weighted by Crippen LogP contribution is -2.37. The number of carbonyl (C=O) groups is 2. The molecular weight excluding hydrogens is 284 g/mol. The van der Waals surface area contributed by atoms with E-state index in [0.29, 0.717) is 11.5 Å². The smallest absolute Gasteiger partial charge is 0.329 e. The molecular formula is C15H18N4O3. The third-order valence-electron chi connectivity index (χ3n) is 3.17. The molecule has 22 heavy (non-hydrogen) atoms. The second-order valence-corrected chi connectivity index (χ2v) is 4.87. The summed E-state index contributed by atoms with van der Waals surface area (Å²) in [5, 5.41) is 6.41. The van der Waals surface area contributed by atoms with E-state index in [2.05, 4.69) is 20.8 Å². The Labute approximate surface area is 127 Å². The Morgan fingerprint density at radius 1 is 1.32 bits per heavy atom. The molecule has 116 valence electrons. The summed E-state index contributed by atoms with van der Waals surface area (Å²) in [7, 11) is 0. The van der Waals surface area contributed by atoms with Crippen LogP contribution in [0.5, 0.6) is 0 Å². The molecule has 0 unspecified atom stereocenters. The highest BCUT2D eigenvalue weighted by Crippen LogP contribution is 2.12. The van der Waals surface area contributed by atoms with Crippen LogP contribution in [-0.4, -0.2) is 22.5 Å². The number of amides is 2. The molecule has 0 saturated heterocycles. The van der Waals surface area contributed by atoms with Crippen LogP contribution >= 0.6 is 0 Å². The molecule has 7 nitrogen and oxygen atoms in total. The van der Waals surface area contributed by atoms with Gasteiger partial charge in [0, 0.05) is 17.5 Å². The summed E-state index contributed by atoms with van der Waals surface area (Å²) in [6.07, 6.45) is 3.36. The molecule has 0 aliphatic heterocycles. The summed E-state index contributed by atoms with van der Waals surface area (Å²) in [5.74, 6) is -1.02. The van der Waals surface area contributed by atoms with E-state index in [-0.39, 0.29) is 6.54 Å². The topological polar surface area (TPSA) is 99.5 Å². The van der Waals surface area contributed by atoms with Gasteiger partial charge in [-0.05, 0) is 38.5 Å². The minimum atomic E-state index is -0.822. The first-order valence-electron chi connectivity index (χ1n) is 6.79. The van der Waals surface area contributed by atoms with Gasteiger partial charge in [-0.3, -0.25) is 9.59 Å². The number of nitrogens with one attached hydrogen (secondary N) is 3. The zero-order valence-electron chi connectivity index (χ0n) is 12.7. The lowest BCUT2D eigenvalue weighted by Gasteiger charge is -2.04. The monoisotopic (exact) mass is 302 g/mol. The van der Waals surface area contributed by atoms with Crippen LogP contribution < -0.4 is 10.7 Å². The molecule has 0 fully saturated rings. The molecule has 0 atom stereocenters. The maximum absolute atomic E-state index is 11.7. The Kier molecular flexibility index (Phi) is 4.77. The molecule has 3 N–H and O–H groups in total. The van der Waals surface area contributed by atoms with Gasteiger partial charge in [0.1, 0.15) is 5.76 Å². The average Bonchev–Trinajstić information content (AvgIpc) is 3.12. The summed E-state index contributed by atoms with van der Waals surface area (Å²) in [4.78, 5) is 26.4. The number of hydrazone groups is 1. The lowest BCUT2D eigenvalue weighted by atomic mass is 10.1. The van der Waals surface area contributed by atoms with Gasteiger partial charge in [0.15, 0.2) is 0 Å². The van der Waals surface area contributed by atoms with Gasteiger partial charge in [-0.15, -0.1) is 0 Å². The van der Waals surface area contributed by atoms with Crippen molar-refractivity contribution in [3.8, 4) is 0 Å². The van der Waals surface area contributed by atoms with E-state index in [9.17, 15) is 9.59 Å². The first-order valence-corrected chi connectivity index (χ1v) is 6.79. The lowest BCUT2D eigenvalue weighted by molar-refractivity contribution is -0.139. The SMILES string of the molecule is C/C(=N\NC(=O)C(=O)NCc1ccco1)c1c(C)c[nH]c1C. The second-order valence-electron chi connectivity index (χ2n) is 4.87. The highest BCUT2D eigenvalue weighted by atomic mass is 16.3. The predicted octanol–water partition coefficient (Wildman–Crippen LogP) is 1.38. The Balaban J connectivity index is 1.91. The minimum Gasteiger partial charge on any atom is -0.467 e. The van der Waals surface area contributed by atoms with Crippen LogP contribution in [0.15, 0.2) is 34.1 Å². The molecule has 2 aromatic rings. The van der Waals surface area contributed by atoms with E-state index in [1.54, 1.807) is 19.1 Å². The molecule has 2 heterocycles. The predicted molar refractivity (Wildman–Crippen MR) is 81.2 cm³/mol. The van der Waals surface area contributed by atoms with E-state index in [4.69, 9.17) is 4.42 Å². The van der Waals surface area contributed by atoms with Crippen molar-refractivity contribution in [3.05, 3.63) is 47.2 Å². The normalized spacial score (nSPS) is 11.3. The van der Waals surface area contributed by atoms with Crippen LogP contribution in [0.1, 0.15) is 29.5 Å². The number of hydrogen-bond donors (Lipinski definition) is 3. The summed E-state index contributed by atoms with van der Waals surface area (Å²) >= 11 is 0. The Morgan fingerprint density at radius 2 is 2.09 bits per heavy atom. The first-order chi connectivity index (χ1) is 10.5. The van der Waals surface area contributed by atoms with Crippen LogP contribution in [0, 0.1) is 13.8 Å². The van der Waals surface area contributed by atoms with Crippen molar-refractivity contribution >= 4 is 17.5 Å². The van der Waals surface area contributed by atoms with Crippen LogP contribution in [0.25, 0.3) is 0 Å². The molecule has 2 aromatic heterocycles. The molecule has 2 rings (SSSR count). The summed E-state index contributed by atoms with van der Waals surface area (Å²) in [5.41, 5.74) is 5.78. The van der Waals surface area contributed by atoms with Gasteiger partial charge < -0.3 is 14.7 Å². The van der Waals surface area contributed by atoms with Gasteiger partial charge in [0.25, 0.3) is 0 Å². The van der Waals surface area contributed by atoms with Crippen LogP contribution in [-0.2, 0) is 16.1 Å². The van der Waals surface area contributed by atoms with E-state index in [1.165, 1.54) is 6.26 Å². The number of aryl methyl sites for hydroxylation is 2. The fourth-order valence-corrected chi connectivity index (χ4v) is 2.12. The zero-order valence-corrected chi connectivity index (χ0v) is 12.7. The number of rotatable bonds is 4. The van der Waals surface area contributed by atoms with Gasteiger partial charge in [-0.1, -0.05) is 0 Å². The molecule has 7 heteroatoms. The molecule has 0 saturated carbocycles. The van der Waals surface area contributed by atoms with Crippen molar-refractivity contribution in [2.24, 2.45) is 5.10 Å². The summed E-state index contributed by atoms with van der Waals surface area (Å²) < 4.78 is 5.06. The Hall–Kier alpha value is -2.83. The van der Waals surface area contributed by atoms with Gasteiger partial charge >= 0.3 is 11.8 Å². The fourth-order valence-electron chi connectivity index (χ4n) is 2.12. The van der Waals surface area contributed by atoms with Gasteiger partial charge in [0.2, 0.25) is 0 Å². The summed E-state index contributed by atoms with van der Waals surface area (Å²) in [6, 6.07) is 3.41. The zero-order chi connectivity index (χ0) is 16.1. The number of aromatic nitrogens is 1. The highest BCUT2D eigenvalue weighted by Gasteiger charge is 2.14. The van der Waals surface area contributed by atoms with Crippen molar-refractivity contribution in [2.45, 2.75) is 27.3 Å². The van der Waals surface area contributed by atoms with Crippen molar-refractivity contribution in [3.63, 3.8) is 0 Å². The largest absolute Gasteiger partial charge is 0.467 e. The minimum absolute atomic E-state index is 0.151. The maximum Gasteiger partial charge on any atom is 0.329 e. The van der Waals surface area contributed by atoms with Crippen LogP contribution in [0.3, 0.4) is 0 Å². The molecule has 0 aromatic carbocycles. The molecule has 0 bridgehead atoms. The number of nitrogens with zero attached hydrogens (tertiary/aromatic N) is 1. The van der Waals surface area contributed by atoms with Crippen molar-refractivity contribution in [2.75, 3.05) is 0 Å². The van der Waals surface area contributed by atoms with Crippen LogP contribution in [0.2, 0.25) is 0 Å². The third-order valence-corrected chi connectivity index (χ3v) is 3.17. The molecule has 2 amide bonds. The van der Waals surface area contributed by atoms with E-state index in [0.717, 1.165) is 16.8 Å². The van der Waals surface area contributed by atoms with Gasteiger partial charge in [0.05, 0.1) is 18.5 Å². The van der Waals surface area contributed by atoms with Gasteiger partial charge in [-0.25, -0.2) is 5.43 Å². The number of aromatic amines is 1. The Bertz CT molecular complexity index is 679. The molecule has 0 spiro atoms. The van der Waals surface area contributed by atoms with E-state index >= 15 is 0 Å².